The third-order valence-corrected chi connectivity index (χ3v) is 11.4. The van der Waals surface area contributed by atoms with Crippen molar-refractivity contribution < 1.29 is 28.6 Å². The zero-order chi connectivity index (χ0) is 42.7. The predicted molar refractivity (Wildman–Crippen MR) is 243 cm³/mol. The summed E-state index contributed by atoms with van der Waals surface area (Å²) in [6, 6.07) is 56.9. The molecule has 63 heavy (non-hydrogen) atoms. The molecule has 0 saturated heterocycles. The Morgan fingerprint density at radius 2 is 0.603 bits per heavy atom. The Labute approximate surface area is 363 Å². The van der Waals surface area contributed by atoms with E-state index in [9.17, 15) is 14.4 Å². The number of carbonyl (C=O) groups excluding carboxylic acids is 3. The van der Waals surface area contributed by atoms with E-state index in [2.05, 4.69) is 0 Å². The molecule has 9 nitrogen and oxygen atoms in total. The van der Waals surface area contributed by atoms with Crippen LogP contribution in [0, 0.1) is 0 Å². The number of benzene rings is 6. The van der Waals surface area contributed by atoms with Crippen molar-refractivity contribution in [1.29, 1.82) is 0 Å². The minimum atomic E-state index is -0.702. The minimum Gasteiger partial charge on any atom is -0.458 e. The average Bonchev–Trinajstić information content (AvgIpc) is 3.33. The van der Waals surface area contributed by atoms with Crippen molar-refractivity contribution in [3.8, 4) is 33.8 Å². The predicted octanol–water partition coefficient (Wildman–Crippen LogP) is 11.5. The number of rotatable bonds is 9. The fourth-order valence-electron chi connectivity index (χ4n) is 8.13. The van der Waals surface area contributed by atoms with Gasteiger partial charge in [-0.1, -0.05) is 109 Å². The van der Waals surface area contributed by atoms with E-state index >= 15 is 0 Å². The van der Waals surface area contributed by atoms with Gasteiger partial charge in [0.05, 0.1) is 50.3 Å². The smallest absolute Gasteiger partial charge is 0.338 e. The van der Waals surface area contributed by atoms with Gasteiger partial charge in [-0.15, -0.1) is 0 Å². The third kappa shape index (κ3) is 8.63. The Morgan fingerprint density at radius 3 is 0.889 bits per heavy atom. The van der Waals surface area contributed by atoms with E-state index in [1.165, 1.54) is 0 Å². The van der Waals surface area contributed by atoms with E-state index in [-0.39, 0.29) is 19.3 Å². The lowest BCUT2D eigenvalue weighted by Gasteiger charge is -2.33. The quantitative estimate of drug-likeness (QED) is 0.103. The first-order chi connectivity index (χ1) is 30.9. The summed E-state index contributed by atoms with van der Waals surface area (Å²) in [5.74, 6) is -1.61. The molecule has 306 valence electrons. The molecular formula is C54H39N3O6. The molecule has 1 aliphatic carbocycles. The molecule has 0 atom stereocenters. The van der Waals surface area contributed by atoms with Crippen LogP contribution in [-0.2, 0) is 14.2 Å². The summed E-state index contributed by atoms with van der Waals surface area (Å²) in [6.45, 7) is 0. The summed E-state index contributed by atoms with van der Waals surface area (Å²) >= 11 is 0. The van der Waals surface area contributed by atoms with Crippen LogP contribution in [0.15, 0.2) is 182 Å². The second-order valence-electron chi connectivity index (χ2n) is 15.7. The maximum absolute atomic E-state index is 13.6. The van der Waals surface area contributed by atoms with Gasteiger partial charge in [0.15, 0.2) is 0 Å². The van der Waals surface area contributed by atoms with Crippen LogP contribution in [0.1, 0.15) is 50.3 Å². The molecule has 3 aromatic heterocycles. The summed E-state index contributed by atoms with van der Waals surface area (Å²) in [5, 5.41) is 3.13. The second kappa shape index (κ2) is 17.1. The number of esters is 3. The molecule has 3 heterocycles. The summed E-state index contributed by atoms with van der Waals surface area (Å²) in [4.78, 5) is 55.2. The number of nitrogens with zero attached hydrogens (tertiary/aromatic N) is 3. The largest absolute Gasteiger partial charge is 0.458 e. The van der Waals surface area contributed by atoms with E-state index < -0.39 is 36.2 Å². The maximum Gasteiger partial charge on any atom is 0.338 e. The van der Waals surface area contributed by atoms with Gasteiger partial charge in [0.1, 0.15) is 18.3 Å². The van der Waals surface area contributed by atoms with Crippen LogP contribution in [-0.4, -0.2) is 51.2 Å². The summed E-state index contributed by atoms with van der Waals surface area (Å²) in [5.41, 5.74) is 8.65. The first-order valence-corrected chi connectivity index (χ1v) is 20.9. The second-order valence-corrected chi connectivity index (χ2v) is 15.7. The van der Waals surface area contributed by atoms with Crippen LogP contribution in [0.4, 0.5) is 0 Å². The van der Waals surface area contributed by atoms with Crippen LogP contribution in [0.25, 0.3) is 66.5 Å². The number of hydrogen-bond acceptors (Lipinski definition) is 9. The van der Waals surface area contributed by atoms with Gasteiger partial charge >= 0.3 is 17.9 Å². The van der Waals surface area contributed by atoms with E-state index in [4.69, 9.17) is 29.2 Å². The number of ether oxygens (including phenoxy) is 3. The van der Waals surface area contributed by atoms with Crippen LogP contribution < -0.4 is 0 Å². The molecular weight excluding hydrogens is 787 g/mol. The standard InChI is InChI=1S/C54H39N3O6/c58-52(40-19-13-37(14-20-40)49-28-25-34-7-1-4-10-46(34)55-49)61-43-31-44(62-53(59)41-21-15-38(16-22-41)50-29-26-35-8-2-5-11-47(35)56-50)33-45(32-43)63-54(60)42-23-17-39(18-24-42)51-30-27-36-9-3-6-12-48(36)57-51/h1-30,43-45H,31-33H2. The zero-order valence-corrected chi connectivity index (χ0v) is 34.0. The average molecular weight is 826 g/mol. The Balaban J connectivity index is 0.844. The van der Waals surface area contributed by atoms with E-state index in [0.29, 0.717) is 16.7 Å². The molecule has 6 aromatic carbocycles. The third-order valence-electron chi connectivity index (χ3n) is 11.4. The van der Waals surface area contributed by atoms with Crippen molar-refractivity contribution >= 4 is 50.6 Å². The number of hydrogen-bond donors (Lipinski definition) is 0. The van der Waals surface area contributed by atoms with Crippen molar-refractivity contribution in [2.24, 2.45) is 0 Å². The highest BCUT2D eigenvalue weighted by Crippen LogP contribution is 2.31. The van der Waals surface area contributed by atoms with E-state index in [1.807, 2.05) is 146 Å². The van der Waals surface area contributed by atoms with E-state index in [0.717, 1.165) is 66.5 Å². The normalized spacial score (nSPS) is 16.1. The molecule has 1 fully saturated rings. The van der Waals surface area contributed by atoms with Gasteiger partial charge in [-0.05, 0) is 72.8 Å². The SMILES string of the molecule is O=C(OC1CC(OC(=O)c2ccc(-c3ccc4ccccc4n3)cc2)CC(OC(=O)c2ccc(-c3ccc4ccccc4n3)cc2)C1)c1ccc(-c2ccc3ccccc3n2)cc1. The molecule has 0 N–H and O–H groups in total. The molecule has 9 aromatic rings. The van der Waals surface area contributed by atoms with Crippen LogP contribution in [0.3, 0.4) is 0 Å². The maximum atomic E-state index is 13.6. The Kier molecular flexibility index (Phi) is 10.6. The lowest BCUT2D eigenvalue weighted by molar-refractivity contribution is -0.0587. The molecule has 1 saturated carbocycles. The van der Waals surface area contributed by atoms with Crippen molar-refractivity contribution in [3.63, 3.8) is 0 Å². The van der Waals surface area contributed by atoms with E-state index in [1.54, 1.807) is 36.4 Å². The first-order valence-electron chi connectivity index (χ1n) is 20.9. The summed E-state index contributed by atoms with van der Waals surface area (Å²) in [7, 11) is 0. The lowest BCUT2D eigenvalue weighted by atomic mass is 9.91. The summed E-state index contributed by atoms with van der Waals surface area (Å²) < 4.78 is 18.2. The molecule has 0 unspecified atom stereocenters. The molecule has 9 heteroatoms. The van der Waals surface area contributed by atoms with Gasteiger partial charge in [-0.25, -0.2) is 29.3 Å². The van der Waals surface area contributed by atoms with Crippen molar-refractivity contribution in [2.75, 3.05) is 0 Å². The van der Waals surface area contributed by atoms with Crippen LogP contribution >= 0.6 is 0 Å². The number of fused-ring (bicyclic) bond motifs is 3. The first kappa shape index (κ1) is 39.1. The Bertz CT molecular complexity index is 2810. The zero-order valence-electron chi connectivity index (χ0n) is 34.0. The number of pyridine rings is 3. The molecule has 10 rings (SSSR count). The van der Waals surface area contributed by atoms with Gasteiger partial charge in [0.25, 0.3) is 0 Å². The molecule has 1 aliphatic rings. The molecule has 0 aliphatic heterocycles. The molecule has 0 radical (unpaired) electrons. The van der Waals surface area contributed by atoms with Gasteiger partial charge < -0.3 is 14.2 Å². The fraction of sp³-hybridized carbons (Fsp3) is 0.111. The molecule has 0 amide bonds. The molecule has 0 bridgehead atoms. The lowest BCUT2D eigenvalue weighted by Crippen LogP contribution is -2.40. The summed E-state index contributed by atoms with van der Waals surface area (Å²) in [6.07, 6.45) is -1.41. The Hall–Kier alpha value is -8.04. The van der Waals surface area contributed by atoms with Gasteiger partial charge in [-0.2, -0.15) is 0 Å². The number of carbonyl (C=O) groups is 3. The Morgan fingerprint density at radius 1 is 0.333 bits per heavy atom. The minimum absolute atomic E-state index is 0.233. The van der Waals surface area contributed by atoms with Crippen LogP contribution in [0.2, 0.25) is 0 Å². The van der Waals surface area contributed by atoms with Gasteiger partial charge in [0.2, 0.25) is 0 Å². The van der Waals surface area contributed by atoms with Crippen molar-refractivity contribution in [1.82, 2.24) is 15.0 Å². The van der Waals surface area contributed by atoms with Gasteiger partial charge in [0, 0.05) is 52.1 Å². The highest BCUT2D eigenvalue weighted by molar-refractivity contribution is 5.92. The monoisotopic (exact) mass is 825 g/mol. The number of aromatic nitrogens is 3. The molecule has 0 spiro atoms. The highest BCUT2D eigenvalue weighted by atomic mass is 16.6. The topological polar surface area (TPSA) is 118 Å². The van der Waals surface area contributed by atoms with Crippen LogP contribution in [0.5, 0.6) is 0 Å². The van der Waals surface area contributed by atoms with Crippen molar-refractivity contribution in [2.45, 2.75) is 37.6 Å². The number of para-hydroxylation sites is 3. The highest BCUT2D eigenvalue weighted by Gasteiger charge is 2.36. The fourth-order valence-corrected chi connectivity index (χ4v) is 8.13. The van der Waals surface area contributed by atoms with Gasteiger partial charge in [-0.3, -0.25) is 0 Å². The van der Waals surface area contributed by atoms with Crippen molar-refractivity contribution in [3.05, 3.63) is 199 Å².